The van der Waals surface area contributed by atoms with Gasteiger partial charge in [0, 0.05) is 29.3 Å². The Morgan fingerprint density at radius 2 is 2.18 bits per heavy atom. The molecule has 2 atom stereocenters. The number of rotatable bonds is 3. The lowest BCUT2D eigenvalue weighted by atomic mass is 10.2. The number of amides is 1. The molecule has 0 aromatic carbocycles. The van der Waals surface area contributed by atoms with Crippen LogP contribution in [-0.2, 0) is 17.9 Å². The molecular weight excluding hydrogens is 284 g/mol. The van der Waals surface area contributed by atoms with Crippen LogP contribution in [0.15, 0.2) is 35.1 Å². The third-order valence-corrected chi connectivity index (χ3v) is 4.38. The highest BCUT2D eigenvalue weighted by molar-refractivity contribution is 5.90. The Kier molecular flexibility index (Phi) is 2.79. The summed E-state index contributed by atoms with van der Waals surface area (Å²) in [4.78, 5) is 29.6. The summed E-state index contributed by atoms with van der Waals surface area (Å²) in [5.41, 5.74) is 1.72. The van der Waals surface area contributed by atoms with Crippen molar-refractivity contribution in [3.63, 3.8) is 0 Å². The quantitative estimate of drug-likeness (QED) is 0.937. The lowest BCUT2D eigenvalue weighted by molar-refractivity contribution is -0.133. The summed E-state index contributed by atoms with van der Waals surface area (Å²) in [6, 6.07) is 5.72. The molecule has 22 heavy (non-hydrogen) atoms. The predicted molar refractivity (Wildman–Crippen MR) is 75.0 cm³/mol. The molecular formula is C16H14N2O4. The first-order valence-corrected chi connectivity index (χ1v) is 7.17. The molecule has 2 aromatic rings. The van der Waals surface area contributed by atoms with Crippen molar-refractivity contribution in [3.8, 4) is 0 Å². The van der Waals surface area contributed by atoms with E-state index < -0.39 is 5.97 Å². The Balaban J connectivity index is 1.47. The fourth-order valence-electron chi connectivity index (χ4n) is 3.11. The summed E-state index contributed by atoms with van der Waals surface area (Å²) >= 11 is 0. The van der Waals surface area contributed by atoms with Crippen molar-refractivity contribution in [2.75, 3.05) is 0 Å². The predicted octanol–water partition coefficient (Wildman–Crippen LogP) is 2.02. The van der Waals surface area contributed by atoms with E-state index in [0.29, 0.717) is 24.4 Å². The van der Waals surface area contributed by atoms with Gasteiger partial charge in [-0.15, -0.1) is 0 Å². The second kappa shape index (κ2) is 4.69. The molecule has 1 amide bonds. The Morgan fingerprint density at radius 1 is 1.32 bits per heavy atom. The maximum Gasteiger partial charge on any atom is 0.339 e. The number of carboxylic acids is 1. The number of carbonyl (C=O) groups excluding carboxylic acids is 1. The van der Waals surface area contributed by atoms with Gasteiger partial charge >= 0.3 is 5.97 Å². The highest BCUT2D eigenvalue weighted by Crippen LogP contribution is 2.48. The van der Waals surface area contributed by atoms with Crippen molar-refractivity contribution in [2.45, 2.75) is 25.4 Å². The molecule has 1 saturated carbocycles. The van der Waals surface area contributed by atoms with E-state index in [1.165, 1.54) is 6.26 Å². The summed E-state index contributed by atoms with van der Waals surface area (Å²) < 4.78 is 5.27. The van der Waals surface area contributed by atoms with E-state index in [1.807, 2.05) is 18.2 Å². The molecule has 0 bridgehead atoms. The summed E-state index contributed by atoms with van der Waals surface area (Å²) in [6.45, 7) is 0.671. The van der Waals surface area contributed by atoms with Crippen molar-refractivity contribution in [2.24, 2.45) is 5.92 Å². The number of hydrogen-bond donors (Lipinski definition) is 1. The normalized spacial score (nSPS) is 22.5. The number of aromatic carboxylic acids is 1. The second-order valence-corrected chi connectivity index (χ2v) is 5.75. The molecule has 1 N–H and O–H groups in total. The zero-order chi connectivity index (χ0) is 15.3. The van der Waals surface area contributed by atoms with Crippen molar-refractivity contribution >= 4 is 11.9 Å². The van der Waals surface area contributed by atoms with Crippen LogP contribution < -0.4 is 0 Å². The van der Waals surface area contributed by atoms with Crippen molar-refractivity contribution in [3.05, 3.63) is 53.2 Å². The van der Waals surface area contributed by atoms with Crippen LogP contribution in [0.2, 0.25) is 0 Å². The molecule has 0 spiro atoms. The molecule has 1 aliphatic heterocycles. The van der Waals surface area contributed by atoms with E-state index in [9.17, 15) is 9.59 Å². The van der Waals surface area contributed by atoms with E-state index in [2.05, 4.69) is 4.98 Å². The molecule has 1 aliphatic carbocycles. The maximum atomic E-state index is 12.5. The Bertz CT molecular complexity index is 753. The van der Waals surface area contributed by atoms with Crippen LogP contribution in [-0.4, -0.2) is 26.9 Å². The highest BCUT2D eigenvalue weighted by atomic mass is 16.4. The lowest BCUT2D eigenvalue weighted by Crippen LogP contribution is -2.27. The van der Waals surface area contributed by atoms with Crippen molar-refractivity contribution in [1.82, 2.24) is 9.88 Å². The lowest BCUT2D eigenvalue weighted by Gasteiger charge is -2.15. The molecule has 2 aliphatic rings. The van der Waals surface area contributed by atoms with Crippen LogP contribution in [0.3, 0.4) is 0 Å². The summed E-state index contributed by atoms with van der Waals surface area (Å²) in [5, 5.41) is 9.10. The molecule has 3 heterocycles. The van der Waals surface area contributed by atoms with E-state index in [-0.39, 0.29) is 23.3 Å². The highest BCUT2D eigenvalue weighted by Gasteiger charge is 2.48. The summed E-state index contributed by atoms with van der Waals surface area (Å²) in [5.74, 6) is -0.247. The molecule has 6 nitrogen and oxygen atoms in total. The molecule has 2 aromatic heterocycles. The Labute approximate surface area is 126 Å². The van der Waals surface area contributed by atoms with Crippen LogP contribution in [0.25, 0.3) is 0 Å². The first-order valence-electron chi connectivity index (χ1n) is 7.17. The van der Waals surface area contributed by atoms with E-state index in [1.54, 1.807) is 11.1 Å². The second-order valence-electron chi connectivity index (χ2n) is 5.75. The summed E-state index contributed by atoms with van der Waals surface area (Å²) in [6.07, 6.45) is 3.79. The van der Waals surface area contributed by atoms with Gasteiger partial charge in [-0.3, -0.25) is 9.78 Å². The first kappa shape index (κ1) is 13.1. The molecule has 1 fully saturated rings. The standard InChI is InChI=1S/C16H14N2O4/c19-15(10-5-9(10)13-3-1-2-4-17-13)18-6-11-12(16(20)21)8-22-14(11)7-18/h1-4,8-10H,5-7H2,(H,20,21)/t9-,10-/m1/s1. The molecule has 4 rings (SSSR count). The van der Waals surface area contributed by atoms with Crippen LogP contribution in [0.4, 0.5) is 0 Å². The van der Waals surface area contributed by atoms with E-state index >= 15 is 0 Å². The number of aromatic nitrogens is 1. The zero-order valence-corrected chi connectivity index (χ0v) is 11.7. The van der Waals surface area contributed by atoms with Gasteiger partial charge in [-0.1, -0.05) is 6.07 Å². The van der Waals surface area contributed by atoms with Crippen LogP contribution in [0, 0.1) is 5.92 Å². The molecule has 6 heteroatoms. The minimum atomic E-state index is -1.02. The number of hydrogen-bond acceptors (Lipinski definition) is 4. The minimum Gasteiger partial charge on any atom is -0.478 e. The third-order valence-electron chi connectivity index (χ3n) is 4.38. The fraction of sp³-hybridized carbons (Fsp3) is 0.312. The number of carboxylic acid groups (broad SMARTS) is 1. The number of fused-ring (bicyclic) bond motifs is 1. The average molecular weight is 298 g/mol. The molecule has 0 unspecified atom stereocenters. The van der Waals surface area contributed by atoms with E-state index in [4.69, 9.17) is 9.52 Å². The Morgan fingerprint density at radius 3 is 2.91 bits per heavy atom. The van der Waals surface area contributed by atoms with Gasteiger partial charge in [0.05, 0.1) is 13.1 Å². The van der Waals surface area contributed by atoms with Crippen LogP contribution in [0.1, 0.15) is 39.7 Å². The van der Waals surface area contributed by atoms with E-state index in [0.717, 1.165) is 12.1 Å². The maximum absolute atomic E-state index is 12.5. The van der Waals surface area contributed by atoms with Gasteiger partial charge in [-0.25, -0.2) is 4.79 Å². The number of furan rings is 1. The van der Waals surface area contributed by atoms with Gasteiger partial charge in [0.2, 0.25) is 5.91 Å². The van der Waals surface area contributed by atoms with Crippen molar-refractivity contribution in [1.29, 1.82) is 0 Å². The monoisotopic (exact) mass is 298 g/mol. The van der Waals surface area contributed by atoms with Gasteiger partial charge in [-0.2, -0.15) is 0 Å². The van der Waals surface area contributed by atoms with Gasteiger partial charge in [-0.05, 0) is 18.6 Å². The van der Waals surface area contributed by atoms with Gasteiger partial charge < -0.3 is 14.4 Å². The number of carbonyl (C=O) groups is 2. The van der Waals surface area contributed by atoms with Gasteiger partial charge in [0.25, 0.3) is 0 Å². The summed E-state index contributed by atoms with van der Waals surface area (Å²) in [7, 11) is 0. The first-order chi connectivity index (χ1) is 10.6. The van der Waals surface area contributed by atoms with Crippen molar-refractivity contribution < 1.29 is 19.1 Å². The van der Waals surface area contributed by atoms with Crippen LogP contribution in [0.5, 0.6) is 0 Å². The largest absolute Gasteiger partial charge is 0.478 e. The molecule has 0 saturated heterocycles. The topological polar surface area (TPSA) is 83.6 Å². The number of nitrogens with zero attached hydrogens (tertiary/aromatic N) is 2. The average Bonchev–Trinajstić information content (AvgIpc) is 3.05. The molecule has 112 valence electrons. The molecule has 0 radical (unpaired) electrons. The number of pyridine rings is 1. The van der Waals surface area contributed by atoms with Gasteiger partial charge in [0.1, 0.15) is 17.6 Å². The Hall–Kier alpha value is -2.63. The fourth-order valence-corrected chi connectivity index (χ4v) is 3.11. The third kappa shape index (κ3) is 1.99. The van der Waals surface area contributed by atoms with Gasteiger partial charge in [0.15, 0.2) is 0 Å². The smallest absolute Gasteiger partial charge is 0.339 e. The van der Waals surface area contributed by atoms with Crippen LogP contribution >= 0.6 is 0 Å². The minimum absolute atomic E-state index is 0.0489. The SMILES string of the molecule is O=C(O)c1coc2c1CN(C(=O)[C@@H]1C[C@H]1c1ccccn1)C2. The zero-order valence-electron chi connectivity index (χ0n) is 11.7.